The van der Waals surface area contributed by atoms with Crippen molar-refractivity contribution in [2.24, 2.45) is 0 Å². The standard InChI is InChI=1S/C11H19N5/c1-4-6-13-11-14-7-5-10(15-11)12-8-9-16(2)3/h4-5,7H,1,6,8-9H2,2-3H3,(H2,12,13,14,15). The summed E-state index contributed by atoms with van der Waals surface area (Å²) in [7, 11) is 4.08. The fourth-order valence-corrected chi connectivity index (χ4v) is 1.11. The SMILES string of the molecule is C=CCNc1nccc(NCCN(C)C)n1. The Morgan fingerprint density at radius 2 is 2.25 bits per heavy atom. The molecule has 0 saturated heterocycles. The van der Waals surface area contributed by atoms with Crippen molar-refractivity contribution in [3.63, 3.8) is 0 Å². The summed E-state index contributed by atoms with van der Waals surface area (Å²) in [5.74, 6) is 1.46. The molecule has 1 aromatic heterocycles. The molecule has 0 saturated carbocycles. The molecule has 5 nitrogen and oxygen atoms in total. The van der Waals surface area contributed by atoms with Gasteiger partial charge in [0.1, 0.15) is 5.82 Å². The molecule has 1 heterocycles. The number of hydrogen-bond donors (Lipinski definition) is 2. The van der Waals surface area contributed by atoms with Gasteiger partial charge in [-0.2, -0.15) is 4.98 Å². The highest BCUT2D eigenvalue weighted by atomic mass is 15.1. The van der Waals surface area contributed by atoms with E-state index in [-0.39, 0.29) is 0 Å². The molecule has 0 radical (unpaired) electrons. The summed E-state index contributed by atoms with van der Waals surface area (Å²) in [5, 5.41) is 6.28. The summed E-state index contributed by atoms with van der Waals surface area (Å²) in [6.07, 6.45) is 3.51. The van der Waals surface area contributed by atoms with E-state index in [2.05, 4.69) is 32.1 Å². The Hall–Kier alpha value is -1.62. The van der Waals surface area contributed by atoms with E-state index < -0.39 is 0 Å². The number of rotatable bonds is 7. The van der Waals surface area contributed by atoms with Crippen molar-refractivity contribution < 1.29 is 0 Å². The molecule has 0 spiro atoms. The minimum absolute atomic E-state index is 0.620. The molecule has 16 heavy (non-hydrogen) atoms. The van der Waals surface area contributed by atoms with E-state index in [0.717, 1.165) is 18.9 Å². The first kappa shape index (κ1) is 12.4. The molecule has 1 rings (SSSR count). The van der Waals surface area contributed by atoms with Gasteiger partial charge in [0, 0.05) is 25.8 Å². The average Bonchev–Trinajstić information content (AvgIpc) is 2.26. The van der Waals surface area contributed by atoms with Crippen molar-refractivity contribution in [1.29, 1.82) is 0 Å². The van der Waals surface area contributed by atoms with Crippen LogP contribution in [-0.4, -0.2) is 48.6 Å². The molecule has 0 atom stereocenters. The molecule has 1 aromatic rings. The number of hydrogen-bond acceptors (Lipinski definition) is 5. The number of likely N-dealkylation sites (N-methyl/N-ethyl adjacent to an activating group) is 1. The van der Waals surface area contributed by atoms with Gasteiger partial charge in [-0.05, 0) is 20.2 Å². The second-order valence-electron chi connectivity index (χ2n) is 3.67. The van der Waals surface area contributed by atoms with E-state index in [1.165, 1.54) is 0 Å². The lowest BCUT2D eigenvalue weighted by Gasteiger charge is -2.11. The van der Waals surface area contributed by atoms with Crippen LogP contribution in [0.4, 0.5) is 11.8 Å². The van der Waals surface area contributed by atoms with Gasteiger partial charge in [0.25, 0.3) is 0 Å². The van der Waals surface area contributed by atoms with E-state index >= 15 is 0 Å². The summed E-state index contributed by atoms with van der Waals surface area (Å²) < 4.78 is 0. The molecule has 0 aromatic carbocycles. The minimum atomic E-state index is 0.620. The maximum atomic E-state index is 4.31. The zero-order valence-corrected chi connectivity index (χ0v) is 9.90. The highest BCUT2D eigenvalue weighted by molar-refractivity contribution is 5.39. The van der Waals surface area contributed by atoms with Crippen LogP contribution in [0.15, 0.2) is 24.9 Å². The lowest BCUT2D eigenvalue weighted by molar-refractivity contribution is 0.425. The molecule has 0 aliphatic carbocycles. The number of aromatic nitrogens is 2. The van der Waals surface area contributed by atoms with Crippen LogP contribution in [0, 0.1) is 0 Å². The quantitative estimate of drug-likeness (QED) is 0.674. The van der Waals surface area contributed by atoms with Gasteiger partial charge in [-0.1, -0.05) is 6.08 Å². The van der Waals surface area contributed by atoms with Crippen LogP contribution in [0.1, 0.15) is 0 Å². The monoisotopic (exact) mass is 221 g/mol. The lowest BCUT2D eigenvalue weighted by atomic mass is 10.5. The third kappa shape index (κ3) is 4.75. The third-order valence-electron chi connectivity index (χ3n) is 1.93. The highest BCUT2D eigenvalue weighted by Crippen LogP contribution is 2.04. The van der Waals surface area contributed by atoms with Crippen molar-refractivity contribution in [1.82, 2.24) is 14.9 Å². The second kappa shape index (κ2) is 6.79. The fraction of sp³-hybridized carbons (Fsp3) is 0.455. The van der Waals surface area contributed by atoms with E-state index in [4.69, 9.17) is 0 Å². The molecule has 5 heteroatoms. The fourth-order valence-electron chi connectivity index (χ4n) is 1.11. The molecule has 0 aliphatic rings. The molecule has 0 fully saturated rings. The van der Waals surface area contributed by atoms with Crippen LogP contribution in [0.25, 0.3) is 0 Å². The van der Waals surface area contributed by atoms with Gasteiger partial charge in [0.2, 0.25) is 5.95 Å². The summed E-state index contributed by atoms with van der Waals surface area (Å²) in [6.45, 7) is 6.13. The Morgan fingerprint density at radius 3 is 2.94 bits per heavy atom. The Morgan fingerprint density at radius 1 is 1.44 bits per heavy atom. The van der Waals surface area contributed by atoms with Crippen molar-refractivity contribution in [3.05, 3.63) is 24.9 Å². The second-order valence-corrected chi connectivity index (χ2v) is 3.67. The molecule has 2 N–H and O–H groups in total. The van der Waals surface area contributed by atoms with Gasteiger partial charge in [-0.3, -0.25) is 0 Å². The smallest absolute Gasteiger partial charge is 0.224 e. The van der Waals surface area contributed by atoms with E-state index in [0.29, 0.717) is 12.5 Å². The van der Waals surface area contributed by atoms with E-state index in [1.807, 2.05) is 20.2 Å². The third-order valence-corrected chi connectivity index (χ3v) is 1.93. The van der Waals surface area contributed by atoms with Gasteiger partial charge in [0.05, 0.1) is 0 Å². The van der Waals surface area contributed by atoms with Crippen LogP contribution >= 0.6 is 0 Å². The van der Waals surface area contributed by atoms with Crippen LogP contribution in [0.3, 0.4) is 0 Å². The highest BCUT2D eigenvalue weighted by Gasteiger charge is 1.97. The van der Waals surface area contributed by atoms with Gasteiger partial charge in [-0.25, -0.2) is 4.98 Å². The van der Waals surface area contributed by atoms with Crippen LogP contribution in [0.5, 0.6) is 0 Å². The molecule has 0 bridgehead atoms. The molecule has 88 valence electrons. The van der Waals surface area contributed by atoms with Crippen LogP contribution in [0.2, 0.25) is 0 Å². The molecule has 0 unspecified atom stereocenters. The van der Waals surface area contributed by atoms with E-state index in [9.17, 15) is 0 Å². The van der Waals surface area contributed by atoms with Crippen molar-refractivity contribution in [2.75, 3.05) is 44.4 Å². The predicted molar refractivity (Wildman–Crippen MR) is 67.8 cm³/mol. The van der Waals surface area contributed by atoms with Crippen LogP contribution < -0.4 is 10.6 Å². The Labute approximate surface area is 96.6 Å². The zero-order valence-electron chi connectivity index (χ0n) is 9.90. The number of nitrogens with zero attached hydrogens (tertiary/aromatic N) is 3. The van der Waals surface area contributed by atoms with Crippen LogP contribution in [-0.2, 0) is 0 Å². The largest absolute Gasteiger partial charge is 0.369 e. The molecule has 0 amide bonds. The van der Waals surface area contributed by atoms with Crippen molar-refractivity contribution in [3.8, 4) is 0 Å². The van der Waals surface area contributed by atoms with Gasteiger partial charge < -0.3 is 15.5 Å². The lowest BCUT2D eigenvalue weighted by Crippen LogP contribution is -2.21. The van der Waals surface area contributed by atoms with Gasteiger partial charge >= 0.3 is 0 Å². The number of anilines is 2. The average molecular weight is 221 g/mol. The van der Waals surface area contributed by atoms with Crippen molar-refractivity contribution >= 4 is 11.8 Å². The maximum Gasteiger partial charge on any atom is 0.224 e. The topological polar surface area (TPSA) is 53.1 Å². The maximum absolute atomic E-state index is 4.31. The summed E-state index contributed by atoms with van der Waals surface area (Å²) >= 11 is 0. The first-order valence-electron chi connectivity index (χ1n) is 5.29. The Bertz CT molecular complexity index is 324. The minimum Gasteiger partial charge on any atom is -0.369 e. The predicted octanol–water partition coefficient (Wildman–Crippen LogP) is 1.05. The zero-order chi connectivity index (χ0) is 11.8. The molecule has 0 aliphatic heterocycles. The summed E-state index contributed by atoms with van der Waals surface area (Å²) in [6, 6.07) is 1.86. The Balaban J connectivity index is 2.43. The first-order valence-corrected chi connectivity index (χ1v) is 5.29. The molecular formula is C11H19N5. The van der Waals surface area contributed by atoms with Gasteiger partial charge in [-0.15, -0.1) is 6.58 Å². The summed E-state index contributed by atoms with van der Waals surface area (Å²) in [4.78, 5) is 10.5. The molecular weight excluding hydrogens is 202 g/mol. The summed E-state index contributed by atoms with van der Waals surface area (Å²) in [5.41, 5.74) is 0. The normalized spacial score (nSPS) is 10.2. The number of nitrogens with one attached hydrogen (secondary N) is 2. The van der Waals surface area contributed by atoms with Gasteiger partial charge in [0.15, 0.2) is 0 Å². The van der Waals surface area contributed by atoms with E-state index in [1.54, 1.807) is 12.3 Å². The van der Waals surface area contributed by atoms with Crippen molar-refractivity contribution in [2.45, 2.75) is 0 Å². The Kier molecular flexibility index (Phi) is 5.28. The first-order chi connectivity index (χ1) is 7.72.